The van der Waals surface area contributed by atoms with Crippen LogP contribution in [-0.2, 0) is 4.74 Å². The predicted molar refractivity (Wildman–Crippen MR) is 43.4 cm³/mol. The molecule has 0 radical (unpaired) electrons. The van der Waals surface area contributed by atoms with Crippen molar-refractivity contribution in [3.05, 3.63) is 11.9 Å². The van der Waals surface area contributed by atoms with E-state index in [4.69, 9.17) is 5.41 Å². The number of nitrogens with one attached hydrogen (secondary N) is 1. The van der Waals surface area contributed by atoms with Gasteiger partial charge in [-0.15, -0.1) is 0 Å². The summed E-state index contributed by atoms with van der Waals surface area (Å²) < 4.78 is 17.1. The lowest BCUT2D eigenvalue weighted by atomic mass is 10.1. The van der Waals surface area contributed by atoms with E-state index in [-0.39, 0.29) is 5.92 Å². The summed E-state index contributed by atoms with van der Waals surface area (Å²) in [6.07, 6.45) is 2.26. The van der Waals surface area contributed by atoms with Gasteiger partial charge in [0.2, 0.25) is 5.90 Å². The second-order valence-electron chi connectivity index (χ2n) is 2.43. The fraction of sp³-hybridized carbons (Fsp3) is 0.625. The number of ether oxygens (including phenoxy) is 1. The van der Waals surface area contributed by atoms with Crippen LogP contribution in [0.1, 0.15) is 20.3 Å². The highest BCUT2D eigenvalue weighted by Gasteiger charge is 2.04. The number of hydrogen-bond donors (Lipinski definition) is 1. The topological polar surface area (TPSA) is 33.1 Å². The van der Waals surface area contributed by atoms with Crippen molar-refractivity contribution in [3.8, 4) is 0 Å². The molecule has 0 aliphatic rings. The van der Waals surface area contributed by atoms with Gasteiger partial charge in [0, 0.05) is 0 Å². The molecule has 2 nitrogen and oxygen atoms in total. The summed E-state index contributed by atoms with van der Waals surface area (Å²) in [5.74, 6) is -0.822. The van der Waals surface area contributed by atoms with Crippen LogP contribution in [0.4, 0.5) is 4.39 Å². The Kier molecular flexibility index (Phi) is 4.50. The molecule has 11 heavy (non-hydrogen) atoms. The van der Waals surface area contributed by atoms with Crippen LogP contribution in [0.25, 0.3) is 0 Å². The number of rotatable bonds is 3. The van der Waals surface area contributed by atoms with Gasteiger partial charge in [-0.3, -0.25) is 5.41 Å². The molecule has 0 fully saturated rings. The maximum atomic E-state index is 12.7. The fourth-order valence-corrected chi connectivity index (χ4v) is 0.541. The Balaban J connectivity index is 4.09. The van der Waals surface area contributed by atoms with Crippen molar-refractivity contribution in [2.75, 3.05) is 7.11 Å². The largest absolute Gasteiger partial charge is 0.479 e. The van der Waals surface area contributed by atoms with Crippen molar-refractivity contribution < 1.29 is 9.13 Å². The summed E-state index contributed by atoms with van der Waals surface area (Å²) >= 11 is 0. The van der Waals surface area contributed by atoms with Crippen LogP contribution in [-0.4, -0.2) is 13.0 Å². The van der Waals surface area contributed by atoms with E-state index in [1.54, 1.807) is 0 Å². The average molecular weight is 159 g/mol. The van der Waals surface area contributed by atoms with Gasteiger partial charge in [-0.1, -0.05) is 13.8 Å². The van der Waals surface area contributed by atoms with Gasteiger partial charge in [-0.05, 0) is 18.4 Å². The first-order valence-electron chi connectivity index (χ1n) is 3.62. The van der Waals surface area contributed by atoms with Crippen LogP contribution < -0.4 is 0 Å². The highest BCUT2D eigenvalue weighted by molar-refractivity contribution is 5.88. The lowest BCUT2D eigenvalue weighted by molar-refractivity contribution is 0.385. The maximum Gasteiger partial charge on any atom is 0.242 e. The van der Waals surface area contributed by atoms with Crippen LogP contribution in [0.2, 0.25) is 0 Å². The molecule has 0 aromatic carbocycles. The van der Waals surface area contributed by atoms with Crippen LogP contribution in [0, 0.1) is 11.3 Å². The first kappa shape index (κ1) is 10.1. The molecule has 0 heterocycles. The van der Waals surface area contributed by atoms with Crippen LogP contribution in [0.15, 0.2) is 11.9 Å². The third-order valence-corrected chi connectivity index (χ3v) is 1.50. The van der Waals surface area contributed by atoms with Gasteiger partial charge < -0.3 is 4.74 Å². The standard InChI is InChI=1S/C8H14FNO/c1-4-6(2)5-7(9)8(10)11-3/h5-6,10H,4H2,1-3H3. The first-order valence-corrected chi connectivity index (χ1v) is 3.62. The Bertz CT molecular complexity index is 165. The average Bonchev–Trinajstić information content (AvgIpc) is 2.02. The van der Waals surface area contributed by atoms with Gasteiger partial charge in [0.25, 0.3) is 0 Å². The second-order valence-corrected chi connectivity index (χ2v) is 2.43. The van der Waals surface area contributed by atoms with Gasteiger partial charge in [-0.2, -0.15) is 0 Å². The lowest BCUT2D eigenvalue weighted by Crippen LogP contribution is -2.01. The van der Waals surface area contributed by atoms with Crippen LogP contribution in [0.3, 0.4) is 0 Å². The van der Waals surface area contributed by atoms with Crippen molar-refractivity contribution in [3.63, 3.8) is 0 Å². The molecule has 1 N–H and O–H groups in total. The molecule has 0 amide bonds. The monoisotopic (exact) mass is 159 g/mol. The minimum absolute atomic E-state index is 0.158. The third kappa shape index (κ3) is 3.75. The SMILES string of the molecule is CCC(C)C=C(F)C(=N)OC. The Morgan fingerprint density at radius 3 is 2.64 bits per heavy atom. The normalized spacial score (nSPS) is 14.4. The number of methoxy groups -OCH3 is 1. The third-order valence-electron chi connectivity index (χ3n) is 1.50. The molecule has 0 rings (SSSR count). The van der Waals surface area contributed by atoms with E-state index in [9.17, 15) is 4.39 Å². The van der Waals surface area contributed by atoms with Crippen molar-refractivity contribution in [1.29, 1.82) is 5.41 Å². The second kappa shape index (κ2) is 4.88. The Morgan fingerprint density at radius 1 is 1.73 bits per heavy atom. The molecule has 1 atom stereocenters. The smallest absolute Gasteiger partial charge is 0.242 e. The summed E-state index contributed by atoms with van der Waals surface area (Å²) in [7, 11) is 1.28. The number of halogens is 1. The van der Waals surface area contributed by atoms with E-state index < -0.39 is 11.7 Å². The number of allylic oxidation sites excluding steroid dienone is 1. The van der Waals surface area contributed by atoms with E-state index in [0.29, 0.717) is 0 Å². The van der Waals surface area contributed by atoms with Crippen molar-refractivity contribution >= 4 is 5.90 Å². The minimum Gasteiger partial charge on any atom is -0.479 e. The summed E-state index contributed by atoms with van der Waals surface area (Å²) in [6.45, 7) is 3.85. The highest BCUT2D eigenvalue weighted by atomic mass is 19.1. The van der Waals surface area contributed by atoms with Crippen molar-refractivity contribution in [1.82, 2.24) is 0 Å². The first-order chi connectivity index (χ1) is 5.11. The van der Waals surface area contributed by atoms with Gasteiger partial charge in [0.1, 0.15) is 0 Å². The molecule has 0 saturated heterocycles. The van der Waals surface area contributed by atoms with Gasteiger partial charge in [-0.25, -0.2) is 4.39 Å². The predicted octanol–water partition coefficient (Wildman–Crippen LogP) is 2.51. The van der Waals surface area contributed by atoms with E-state index in [2.05, 4.69) is 4.74 Å². The molecule has 3 heteroatoms. The zero-order valence-electron chi connectivity index (χ0n) is 7.15. The van der Waals surface area contributed by atoms with E-state index in [1.165, 1.54) is 13.2 Å². The van der Waals surface area contributed by atoms with Crippen LogP contribution in [0.5, 0.6) is 0 Å². The van der Waals surface area contributed by atoms with Crippen molar-refractivity contribution in [2.24, 2.45) is 5.92 Å². The molecular weight excluding hydrogens is 145 g/mol. The minimum atomic E-state index is -0.582. The zero-order chi connectivity index (χ0) is 8.85. The van der Waals surface area contributed by atoms with Gasteiger partial charge >= 0.3 is 0 Å². The Hall–Kier alpha value is -0.860. The highest BCUT2D eigenvalue weighted by Crippen LogP contribution is 2.08. The molecule has 0 aliphatic heterocycles. The van der Waals surface area contributed by atoms with E-state index in [0.717, 1.165) is 6.42 Å². The molecule has 0 aromatic heterocycles. The molecule has 64 valence electrons. The van der Waals surface area contributed by atoms with E-state index in [1.807, 2.05) is 13.8 Å². The molecule has 0 bridgehead atoms. The summed E-state index contributed by atoms with van der Waals surface area (Å²) in [5, 5.41) is 6.95. The van der Waals surface area contributed by atoms with E-state index >= 15 is 0 Å². The summed E-state index contributed by atoms with van der Waals surface area (Å²) in [6, 6.07) is 0. The fourth-order valence-electron chi connectivity index (χ4n) is 0.541. The van der Waals surface area contributed by atoms with Crippen molar-refractivity contribution in [2.45, 2.75) is 20.3 Å². The van der Waals surface area contributed by atoms with Gasteiger partial charge in [0.15, 0.2) is 5.83 Å². The van der Waals surface area contributed by atoms with Gasteiger partial charge in [0.05, 0.1) is 7.11 Å². The molecule has 1 unspecified atom stereocenters. The molecule has 0 saturated carbocycles. The van der Waals surface area contributed by atoms with Crippen LogP contribution >= 0.6 is 0 Å². The molecule has 0 aliphatic carbocycles. The summed E-state index contributed by atoms with van der Waals surface area (Å²) in [4.78, 5) is 0. The molecule has 0 aromatic rings. The lowest BCUT2D eigenvalue weighted by Gasteiger charge is -2.02. The summed E-state index contributed by atoms with van der Waals surface area (Å²) in [5.41, 5.74) is 0. The Labute approximate surface area is 66.6 Å². The number of hydrogen-bond acceptors (Lipinski definition) is 2. The quantitative estimate of drug-likeness (QED) is 0.498. The maximum absolute atomic E-state index is 12.7. The Morgan fingerprint density at radius 2 is 2.27 bits per heavy atom. The zero-order valence-corrected chi connectivity index (χ0v) is 7.15. The molecular formula is C8H14FNO. The molecule has 0 spiro atoms.